The minimum Gasteiger partial charge on any atom is -0.493 e. The van der Waals surface area contributed by atoms with Crippen LogP contribution in [-0.2, 0) is 14.8 Å². The highest BCUT2D eigenvalue weighted by Crippen LogP contribution is 2.57. The first kappa shape index (κ1) is 20.1. The molecule has 164 valence electrons. The van der Waals surface area contributed by atoms with Gasteiger partial charge in [0.25, 0.3) is 0 Å². The first-order chi connectivity index (χ1) is 14.4. The highest BCUT2D eigenvalue weighted by Gasteiger charge is 2.63. The molecule has 9 heteroatoms. The van der Waals surface area contributed by atoms with Crippen LogP contribution in [0.15, 0.2) is 18.2 Å². The molecular formula is C21H29N3O5S. The number of ether oxygens (including phenoxy) is 2. The van der Waals surface area contributed by atoms with Crippen molar-refractivity contribution in [1.82, 2.24) is 14.5 Å². The number of para-hydroxylation sites is 1. The maximum absolute atomic E-state index is 13.8. The molecule has 1 saturated carbocycles. The van der Waals surface area contributed by atoms with E-state index in [-0.39, 0.29) is 5.92 Å². The Bertz CT molecular complexity index is 959. The summed E-state index contributed by atoms with van der Waals surface area (Å²) in [5.74, 6) is 0.193. The number of fused-ring (bicyclic) bond motifs is 2. The van der Waals surface area contributed by atoms with E-state index >= 15 is 0 Å². The molecule has 2 bridgehead atoms. The van der Waals surface area contributed by atoms with Gasteiger partial charge >= 0.3 is 0 Å². The summed E-state index contributed by atoms with van der Waals surface area (Å²) < 4.78 is 41.0. The van der Waals surface area contributed by atoms with Crippen molar-refractivity contribution in [1.29, 1.82) is 0 Å². The van der Waals surface area contributed by atoms with Gasteiger partial charge in [-0.2, -0.15) is 4.31 Å². The van der Waals surface area contributed by atoms with Crippen molar-refractivity contribution < 1.29 is 22.7 Å². The summed E-state index contributed by atoms with van der Waals surface area (Å²) in [4.78, 5) is 15.4. The van der Waals surface area contributed by atoms with Crippen molar-refractivity contribution in [2.45, 2.75) is 42.6 Å². The Balaban J connectivity index is 1.63. The second-order valence-electron chi connectivity index (χ2n) is 8.91. The molecule has 5 rings (SSSR count). The zero-order valence-corrected chi connectivity index (χ0v) is 18.3. The van der Waals surface area contributed by atoms with Gasteiger partial charge in [-0.1, -0.05) is 18.6 Å². The number of nitrogens with one attached hydrogen (secondary N) is 1. The molecule has 4 unspecified atom stereocenters. The third-order valence-corrected chi connectivity index (χ3v) is 9.51. The van der Waals surface area contributed by atoms with Crippen LogP contribution in [0.4, 0.5) is 0 Å². The van der Waals surface area contributed by atoms with E-state index in [1.54, 1.807) is 7.11 Å². The second kappa shape index (κ2) is 7.10. The molecule has 1 aliphatic carbocycles. The van der Waals surface area contributed by atoms with Crippen molar-refractivity contribution in [3.63, 3.8) is 0 Å². The highest BCUT2D eigenvalue weighted by molar-refractivity contribution is 7.90. The van der Waals surface area contributed by atoms with Gasteiger partial charge in [0.1, 0.15) is 0 Å². The number of hydrogen-bond acceptors (Lipinski definition) is 6. The van der Waals surface area contributed by atoms with E-state index in [0.717, 1.165) is 24.8 Å². The number of piperidine rings is 1. The van der Waals surface area contributed by atoms with E-state index in [9.17, 15) is 13.2 Å². The molecule has 0 radical (unpaired) electrons. The molecule has 1 amide bonds. The Kier molecular flexibility index (Phi) is 4.75. The largest absolute Gasteiger partial charge is 0.493 e. The van der Waals surface area contributed by atoms with Crippen molar-refractivity contribution >= 4 is 15.9 Å². The number of rotatable bonds is 3. The summed E-state index contributed by atoms with van der Waals surface area (Å²) in [5.41, 5.74) is -0.0788. The maximum Gasteiger partial charge on any atom is 0.243 e. The molecule has 3 aliphatic heterocycles. The van der Waals surface area contributed by atoms with Crippen molar-refractivity contribution in [3.8, 4) is 11.5 Å². The van der Waals surface area contributed by atoms with Crippen LogP contribution >= 0.6 is 0 Å². The Morgan fingerprint density at radius 2 is 1.97 bits per heavy atom. The fourth-order valence-corrected chi connectivity index (χ4v) is 7.78. The van der Waals surface area contributed by atoms with Crippen LogP contribution in [0.3, 0.4) is 0 Å². The lowest BCUT2D eigenvalue weighted by atomic mass is 9.65. The normalized spacial score (nSPS) is 34.3. The van der Waals surface area contributed by atoms with Crippen LogP contribution in [0.25, 0.3) is 0 Å². The van der Waals surface area contributed by atoms with Gasteiger partial charge in [-0.05, 0) is 26.0 Å². The SMILES string of the molecule is COc1cccc2c1OC13CCCCC1C2C(S(=O)(=O)N1CCN(C)CC1)C(=O)N3. The predicted octanol–water partition coefficient (Wildman–Crippen LogP) is 1.13. The summed E-state index contributed by atoms with van der Waals surface area (Å²) in [7, 11) is -0.266. The van der Waals surface area contributed by atoms with Crippen LogP contribution in [0, 0.1) is 5.92 Å². The van der Waals surface area contributed by atoms with E-state index in [2.05, 4.69) is 10.2 Å². The molecule has 2 saturated heterocycles. The number of hydrogen-bond donors (Lipinski definition) is 1. The van der Waals surface area contributed by atoms with Gasteiger partial charge in [0.15, 0.2) is 22.5 Å². The molecule has 0 spiro atoms. The number of methoxy groups -OCH3 is 1. The van der Waals surface area contributed by atoms with Crippen molar-refractivity contribution in [3.05, 3.63) is 23.8 Å². The second-order valence-corrected chi connectivity index (χ2v) is 11.0. The molecule has 8 nitrogen and oxygen atoms in total. The van der Waals surface area contributed by atoms with E-state index in [0.29, 0.717) is 44.1 Å². The van der Waals surface area contributed by atoms with Gasteiger partial charge in [0.2, 0.25) is 15.9 Å². The van der Waals surface area contributed by atoms with E-state index in [1.165, 1.54) is 4.31 Å². The number of carbonyl (C=O) groups excluding carboxylic acids is 1. The average Bonchev–Trinajstić information content (AvgIpc) is 2.72. The summed E-state index contributed by atoms with van der Waals surface area (Å²) in [6, 6.07) is 5.56. The third-order valence-electron chi connectivity index (χ3n) is 7.28. The Hall–Kier alpha value is -1.84. The van der Waals surface area contributed by atoms with Gasteiger partial charge in [0, 0.05) is 50.0 Å². The molecule has 1 aromatic rings. The first-order valence-electron chi connectivity index (χ1n) is 10.7. The summed E-state index contributed by atoms with van der Waals surface area (Å²) >= 11 is 0. The highest BCUT2D eigenvalue weighted by atomic mass is 32.2. The summed E-state index contributed by atoms with van der Waals surface area (Å²) in [6.45, 7) is 2.15. The zero-order valence-electron chi connectivity index (χ0n) is 17.5. The van der Waals surface area contributed by atoms with E-state index in [4.69, 9.17) is 9.47 Å². The fourth-order valence-electron chi connectivity index (χ4n) is 5.75. The summed E-state index contributed by atoms with van der Waals surface area (Å²) in [5, 5.41) is 1.88. The molecule has 1 aromatic carbocycles. The zero-order chi connectivity index (χ0) is 21.1. The third kappa shape index (κ3) is 2.85. The lowest BCUT2D eigenvalue weighted by Gasteiger charge is -2.56. The topological polar surface area (TPSA) is 88.2 Å². The van der Waals surface area contributed by atoms with Gasteiger partial charge in [-0.25, -0.2) is 8.42 Å². The number of piperazine rings is 1. The lowest BCUT2D eigenvalue weighted by molar-refractivity contribution is -0.147. The molecule has 30 heavy (non-hydrogen) atoms. The Morgan fingerprint density at radius 1 is 1.20 bits per heavy atom. The van der Waals surface area contributed by atoms with Gasteiger partial charge in [0.05, 0.1) is 7.11 Å². The van der Waals surface area contributed by atoms with Crippen LogP contribution < -0.4 is 14.8 Å². The average molecular weight is 436 g/mol. The Labute approximate surface area is 177 Å². The maximum atomic E-state index is 13.8. The molecule has 4 atom stereocenters. The Morgan fingerprint density at radius 3 is 2.70 bits per heavy atom. The molecule has 3 fully saturated rings. The molecular weight excluding hydrogens is 406 g/mol. The number of nitrogens with zero attached hydrogens (tertiary/aromatic N) is 2. The minimum absolute atomic E-state index is 0.0733. The summed E-state index contributed by atoms with van der Waals surface area (Å²) in [6.07, 6.45) is 3.45. The molecule has 0 aromatic heterocycles. The van der Waals surface area contributed by atoms with Crippen LogP contribution in [0.1, 0.15) is 37.2 Å². The van der Waals surface area contributed by atoms with Crippen LogP contribution in [0.2, 0.25) is 0 Å². The molecule has 4 aliphatic rings. The van der Waals surface area contributed by atoms with Crippen molar-refractivity contribution in [2.24, 2.45) is 5.92 Å². The number of benzene rings is 1. The number of amides is 1. The molecule has 3 heterocycles. The number of carbonyl (C=O) groups is 1. The number of sulfonamides is 1. The van der Waals surface area contributed by atoms with Gasteiger partial charge in [-0.3, -0.25) is 4.79 Å². The van der Waals surface area contributed by atoms with Crippen LogP contribution in [0.5, 0.6) is 11.5 Å². The van der Waals surface area contributed by atoms with Crippen LogP contribution in [-0.4, -0.2) is 74.8 Å². The number of likely N-dealkylation sites (N-methyl/N-ethyl adjacent to an activating group) is 1. The quantitative estimate of drug-likeness (QED) is 0.766. The smallest absolute Gasteiger partial charge is 0.243 e. The monoisotopic (exact) mass is 435 g/mol. The van der Waals surface area contributed by atoms with Crippen molar-refractivity contribution in [2.75, 3.05) is 40.3 Å². The van der Waals surface area contributed by atoms with Gasteiger partial charge < -0.3 is 19.7 Å². The van der Waals surface area contributed by atoms with E-state index < -0.39 is 32.8 Å². The first-order valence-corrected chi connectivity index (χ1v) is 12.2. The lowest BCUT2D eigenvalue weighted by Crippen LogP contribution is -2.72. The minimum atomic E-state index is -3.83. The van der Waals surface area contributed by atoms with Gasteiger partial charge in [-0.15, -0.1) is 0 Å². The standard InChI is InChI=1S/C21H29N3O5S/c1-23-10-12-24(13-11-23)30(26,27)19-17-14-6-5-8-16(28-2)18(14)29-21(22-20(19)25)9-4-3-7-15(17)21/h5-6,8,15,17,19H,3-4,7,9-13H2,1-2H3,(H,22,25). The molecule has 1 N–H and O–H groups in total. The predicted molar refractivity (Wildman–Crippen MR) is 111 cm³/mol. The van der Waals surface area contributed by atoms with E-state index in [1.807, 2.05) is 25.2 Å². The fraction of sp³-hybridized carbons (Fsp3) is 0.667.